The Labute approximate surface area is 149 Å². The number of hydrogen-bond donors (Lipinski definition) is 2. The summed E-state index contributed by atoms with van der Waals surface area (Å²) in [5.41, 5.74) is 0.442. The Morgan fingerprint density at radius 3 is 2.69 bits per heavy atom. The molecule has 1 amide bonds. The number of nitrogens with one attached hydrogen (secondary N) is 1. The van der Waals surface area contributed by atoms with Gasteiger partial charge >= 0.3 is 5.97 Å². The van der Waals surface area contributed by atoms with Crippen molar-refractivity contribution in [2.45, 2.75) is 43.9 Å². The summed E-state index contributed by atoms with van der Waals surface area (Å²) in [6, 6.07) is 5.22. The van der Waals surface area contributed by atoms with Crippen molar-refractivity contribution >= 4 is 11.9 Å². The monoisotopic (exact) mass is 361 g/mol. The molecule has 0 spiro atoms. The lowest BCUT2D eigenvalue weighted by Crippen LogP contribution is -2.31. The van der Waals surface area contributed by atoms with Crippen LogP contribution in [0.3, 0.4) is 0 Å². The van der Waals surface area contributed by atoms with E-state index in [0.717, 1.165) is 18.7 Å². The minimum Gasteiger partial charge on any atom is -0.481 e. The smallest absolute Gasteiger partial charge is 0.312 e. The molecule has 8 heteroatoms. The van der Waals surface area contributed by atoms with Gasteiger partial charge in [-0.05, 0) is 37.0 Å². The van der Waals surface area contributed by atoms with Crippen molar-refractivity contribution in [1.82, 2.24) is 15.5 Å². The van der Waals surface area contributed by atoms with Crippen molar-refractivity contribution in [3.05, 3.63) is 47.4 Å². The van der Waals surface area contributed by atoms with Gasteiger partial charge < -0.3 is 14.9 Å². The van der Waals surface area contributed by atoms with Gasteiger partial charge in [0.15, 0.2) is 5.82 Å². The molecule has 0 radical (unpaired) electrons. The van der Waals surface area contributed by atoms with Crippen molar-refractivity contribution in [1.29, 1.82) is 0 Å². The van der Waals surface area contributed by atoms with E-state index in [9.17, 15) is 19.1 Å². The van der Waals surface area contributed by atoms with Crippen LogP contribution in [0.2, 0.25) is 0 Å². The summed E-state index contributed by atoms with van der Waals surface area (Å²) in [6.07, 6.45) is 3.47. The Bertz CT molecular complexity index is 771. The van der Waals surface area contributed by atoms with Gasteiger partial charge in [-0.3, -0.25) is 9.59 Å². The Hall–Kier alpha value is -2.77. The minimum absolute atomic E-state index is 0.0494. The summed E-state index contributed by atoms with van der Waals surface area (Å²) in [5, 5.41) is 15.8. The van der Waals surface area contributed by atoms with Gasteiger partial charge in [-0.25, -0.2) is 4.39 Å². The number of aromatic nitrogens is 2. The van der Waals surface area contributed by atoms with E-state index in [1.807, 2.05) is 0 Å². The minimum atomic E-state index is -1.07. The Morgan fingerprint density at radius 2 is 2.04 bits per heavy atom. The number of carboxylic acid groups (broad SMARTS) is 1. The molecule has 0 aliphatic heterocycles. The van der Waals surface area contributed by atoms with Crippen LogP contribution in [0.5, 0.6) is 0 Å². The molecule has 1 aliphatic rings. The third-order valence-corrected chi connectivity index (χ3v) is 4.29. The van der Waals surface area contributed by atoms with Crippen LogP contribution in [-0.2, 0) is 16.0 Å². The highest BCUT2D eigenvalue weighted by molar-refractivity contribution is 5.79. The van der Waals surface area contributed by atoms with Crippen LogP contribution in [0, 0.1) is 5.82 Å². The van der Waals surface area contributed by atoms with E-state index in [1.54, 1.807) is 0 Å². The molecule has 3 rings (SSSR count). The van der Waals surface area contributed by atoms with Gasteiger partial charge in [0.05, 0.1) is 5.92 Å². The number of amides is 1. The van der Waals surface area contributed by atoms with Gasteiger partial charge in [0.2, 0.25) is 11.8 Å². The van der Waals surface area contributed by atoms with E-state index >= 15 is 0 Å². The summed E-state index contributed by atoms with van der Waals surface area (Å²) in [4.78, 5) is 27.6. The molecule has 138 valence electrons. The Balaban J connectivity index is 1.42. The first-order valence-corrected chi connectivity index (χ1v) is 8.60. The van der Waals surface area contributed by atoms with Crippen molar-refractivity contribution in [3.8, 4) is 0 Å². The lowest BCUT2D eigenvalue weighted by atomic mass is 9.99. The van der Waals surface area contributed by atoms with Gasteiger partial charge in [0, 0.05) is 25.3 Å². The normalized spacial score (nSPS) is 14.8. The molecular weight excluding hydrogens is 341 g/mol. The second kappa shape index (κ2) is 8.07. The molecule has 1 unspecified atom stereocenters. The first kappa shape index (κ1) is 18.0. The highest BCUT2D eigenvalue weighted by Crippen LogP contribution is 2.38. The fraction of sp³-hybridized carbons (Fsp3) is 0.444. The van der Waals surface area contributed by atoms with Crippen LogP contribution >= 0.6 is 0 Å². The average Bonchev–Trinajstić information content (AvgIpc) is 3.35. The number of rotatable bonds is 9. The third kappa shape index (κ3) is 4.87. The standard InChI is InChI=1S/C18H20FN3O4/c19-13-8-6-11(7-9-13)14(18(24)25)10-20-15(23)2-1-3-16-21-17(22-26-16)12-4-5-12/h6-9,12,14H,1-5,10H2,(H,20,23)(H,24,25). The van der Waals surface area contributed by atoms with Crippen molar-refractivity contribution < 1.29 is 23.6 Å². The molecule has 2 N–H and O–H groups in total. The molecule has 7 nitrogen and oxygen atoms in total. The molecule has 0 bridgehead atoms. The van der Waals surface area contributed by atoms with Crippen LogP contribution in [-0.4, -0.2) is 33.7 Å². The number of aryl methyl sites for hydroxylation is 1. The highest BCUT2D eigenvalue weighted by atomic mass is 19.1. The number of halogens is 1. The van der Waals surface area contributed by atoms with Gasteiger partial charge in [-0.1, -0.05) is 17.3 Å². The van der Waals surface area contributed by atoms with E-state index in [-0.39, 0.29) is 18.9 Å². The molecule has 1 saturated carbocycles. The van der Waals surface area contributed by atoms with E-state index in [4.69, 9.17) is 4.52 Å². The summed E-state index contributed by atoms with van der Waals surface area (Å²) in [7, 11) is 0. The topological polar surface area (TPSA) is 105 Å². The highest BCUT2D eigenvalue weighted by Gasteiger charge is 2.28. The first-order valence-electron chi connectivity index (χ1n) is 8.60. The second-order valence-corrected chi connectivity index (χ2v) is 6.42. The fourth-order valence-electron chi connectivity index (χ4n) is 2.62. The van der Waals surface area contributed by atoms with Gasteiger partial charge in [-0.2, -0.15) is 4.98 Å². The molecule has 1 heterocycles. The molecule has 0 saturated heterocycles. The molecule has 1 aromatic heterocycles. The zero-order valence-corrected chi connectivity index (χ0v) is 14.2. The number of nitrogens with zero attached hydrogens (tertiary/aromatic N) is 2. The molecule has 2 aromatic rings. The number of benzene rings is 1. The number of hydrogen-bond acceptors (Lipinski definition) is 5. The molecule has 1 fully saturated rings. The first-order chi connectivity index (χ1) is 12.5. The maximum absolute atomic E-state index is 13.0. The molecule has 1 aromatic carbocycles. The number of carbonyl (C=O) groups is 2. The van der Waals surface area contributed by atoms with Crippen molar-refractivity contribution in [2.24, 2.45) is 0 Å². The lowest BCUT2D eigenvalue weighted by molar-refractivity contribution is -0.138. The predicted octanol–water partition coefficient (Wildman–Crippen LogP) is 2.39. The Morgan fingerprint density at radius 1 is 1.31 bits per heavy atom. The van der Waals surface area contributed by atoms with Crippen LogP contribution in [0.15, 0.2) is 28.8 Å². The zero-order valence-electron chi connectivity index (χ0n) is 14.2. The largest absolute Gasteiger partial charge is 0.481 e. The molecular formula is C18H20FN3O4. The average molecular weight is 361 g/mol. The van der Waals surface area contributed by atoms with E-state index in [0.29, 0.717) is 30.2 Å². The fourth-order valence-corrected chi connectivity index (χ4v) is 2.62. The van der Waals surface area contributed by atoms with Crippen LogP contribution in [0.25, 0.3) is 0 Å². The maximum atomic E-state index is 13.0. The maximum Gasteiger partial charge on any atom is 0.312 e. The molecule has 26 heavy (non-hydrogen) atoms. The van der Waals surface area contributed by atoms with Crippen LogP contribution in [0.1, 0.15) is 54.8 Å². The number of aliphatic carboxylic acids is 1. The Kier molecular flexibility index (Phi) is 5.60. The summed E-state index contributed by atoms with van der Waals surface area (Å²) in [6.45, 7) is -0.0494. The number of carboxylic acids is 1. The third-order valence-electron chi connectivity index (χ3n) is 4.29. The van der Waals surface area contributed by atoms with Crippen LogP contribution in [0.4, 0.5) is 4.39 Å². The molecule has 1 aliphatic carbocycles. The quantitative estimate of drug-likeness (QED) is 0.710. The van der Waals surface area contributed by atoms with Gasteiger partial charge in [0.25, 0.3) is 0 Å². The van der Waals surface area contributed by atoms with E-state index in [2.05, 4.69) is 15.5 Å². The van der Waals surface area contributed by atoms with Crippen LogP contribution < -0.4 is 5.32 Å². The van der Waals surface area contributed by atoms with E-state index in [1.165, 1.54) is 24.3 Å². The molecule has 1 atom stereocenters. The zero-order chi connectivity index (χ0) is 18.5. The SMILES string of the molecule is O=C(CCCc1nc(C2CC2)no1)NCC(C(=O)O)c1ccc(F)cc1. The van der Waals surface area contributed by atoms with E-state index < -0.39 is 17.7 Å². The lowest BCUT2D eigenvalue weighted by Gasteiger charge is -2.13. The summed E-state index contributed by atoms with van der Waals surface area (Å²) < 4.78 is 18.1. The summed E-state index contributed by atoms with van der Waals surface area (Å²) in [5.74, 6) is -0.988. The predicted molar refractivity (Wildman–Crippen MR) is 89.0 cm³/mol. The number of carbonyl (C=O) groups excluding carboxylic acids is 1. The van der Waals surface area contributed by atoms with Gasteiger partial charge in [-0.15, -0.1) is 0 Å². The summed E-state index contributed by atoms with van der Waals surface area (Å²) >= 11 is 0. The van der Waals surface area contributed by atoms with Gasteiger partial charge in [0.1, 0.15) is 5.82 Å². The van der Waals surface area contributed by atoms with Crippen molar-refractivity contribution in [3.63, 3.8) is 0 Å². The second-order valence-electron chi connectivity index (χ2n) is 6.42. The van der Waals surface area contributed by atoms with Crippen molar-refractivity contribution in [2.75, 3.05) is 6.54 Å².